The average Bonchev–Trinajstić information content (AvgIpc) is 2.08. The molecule has 1 aromatic rings. The standard InChI is InChI=1S/C7H5F3.H4OSi/c8-7(9,10)6-4-2-1-3-5-6;1-2/h1-5H;1H,2H3. The summed E-state index contributed by atoms with van der Waals surface area (Å²) in [6.07, 6.45) is -4.21. The summed E-state index contributed by atoms with van der Waals surface area (Å²) >= 11 is 0. The van der Waals surface area contributed by atoms with E-state index in [1.807, 2.05) is 0 Å². The molecule has 0 fully saturated rings. The van der Waals surface area contributed by atoms with Gasteiger partial charge in [-0.2, -0.15) is 13.2 Å². The third-order valence-electron chi connectivity index (χ3n) is 1.10. The third kappa shape index (κ3) is 3.54. The van der Waals surface area contributed by atoms with Crippen molar-refractivity contribution in [3.8, 4) is 0 Å². The van der Waals surface area contributed by atoms with Crippen LogP contribution in [0.2, 0.25) is 0 Å². The molecule has 0 aliphatic heterocycles. The Labute approximate surface area is 71.4 Å². The predicted octanol–water partition coefficient (Wildman–Crippen LogP) is 0.964. The van der Waals surface area contributed by atoms with E-state index in [-0.39, 0.29) is 0 Å². The molecule has 0 saturated carbocycles. The molecule has 0 bridgehead atoms. The van der Waals surface area contributed by atoms with E-state index in [2.05, 4.69) is 0 Å². The van der Waals surface area contributed by atoms with Gasteiger partial charge in [-0.05, 0) is 0 Å². The van der Waals surface area contributed by atoms with Crippen LogP contribution < -0.4 is 0 Å². The number of hydrogen-bond acceptors (Lipinski definition) is 1. The van der Waals surface area contributed by atoms with Gasteiger partial charge in [0.15, 0.2) is 0 Å². The monoisotopic (exact) mass is 194 g/mol. The van der Waals surface area contributed by atoms with Gasteiger partial charge in [0.1, 0.15) is 10.5 Å². The molecule has 0 heterocycles. The van der Waals surface area contributed by atoms with Crippen LogP contribution >= 0.6 is 0 Å². The summed E-state index contributed by atoms with van der Waals surface area (Å²) in [5.74, 6) is 0. The van der Waals surface area contributed by atoms with Gasteiger partial charge < -0.3 is 4.80 Å². The Kier molecular flexibility index (Phi) is 4.61. The van der Waals surface area contributed by atoms with Crippen molar-refractivity contribution < 1.29 is 18.0 Å². The van der Waals surface area contributed by atoms with Gasteiger partial charge in [0, 0.05) is 0 Å². The Bertz CT molecular complexity index is 210. The van der Waals surface area contributed by atoms with E-state index in [1.165, 1.54) is 12.1 Å². The van der Waals surface area contributed by atoms with Crippen LogP contribution in [0.4, 0.5) is 13.2 Å². The van der Waals surface area contributed by atoms with Crippen molar-refractivity contribution in [2.75, 3.05) is 0 Å². The van der Waals surface area contributed by atoms with Gasteiger partial charge in [-0.3, -0.25) is 0 Å². The molecule has 1 nitrogen and oxygen atoms in total. The fraction of sp³-hybridized carbons (Fsp3) is 0.143. The van der Waals surface area contributed by atoms with E-state index in [0.29, 0.717) is 10.5 Å². The van der Waals surface area contributed by atoms with E-state index >= 15 is 0 Å². The Morgan fingerprint density at radius 3 is 1.67 bits per heavy atom. The van der Waals surface area contributed by atoms with Crippen LogP contribution in [0.3, 0.4) is 0 Å². The molecular weight excluding hydrogens is 185 g/mol. The molecule has 0 spiro atoms. The summed E-state index contributed by atoms with van der Waals surface area (Å²) in [4.78, 5) is 7.14. The highest BCUT2D eigenvalue weighted by atomic mass is 28.2. The minimum absolute atomic E-state index is 0.306. The largest absolute Gasteiger partial charge is 0.442 e. The molecule has 0 aromatic heterocycles. The summed E-state index contributed by atoms with van der Waals surface area (Å²) in [6, 6.07) is 6.36. The van der Waals surface area contributed by atoms with E-state index in [4.69, 9.17) is 4.80 Å². The van der Waals surface area contributed by atoms with Crippen LogP contribution in [0, 0.1) is 0 Å². The molecule has 0 aliphatic rings. The molecule has 68 valence electrons. The fourth-order valence-corrected chi connectivity index (χ4v) is 0.627. The van der Waals surface area contributed by atoms with Crippen LogP contribution in [0.25, 0.3) is 0 Å². The van der Waals surface area contributed by atoms with E-state index in [9.17, 15) is 13.2 Å². The summed E-state index contributed by atoms with van der Waals surface area (Å²) in [5.41, 5.74) is -0.602. The maximum atomic E-state index is 11.8. The lowest BCUT2D eigenvalue weighted by molar-refractivity contribution is -0.137. The van der Waals surface area contributed by atoms with E-state index in [0.717, 1.165) is 12.1 Å². The van der Waals surface area contributed by atoms with Gasteiger partial charge in [0.2, 0.25) is 0 Å². The molecule has 0 amide bonds. The minimum atomic E-state index is -4.21. The Balaban J connectivity index is 0.000000561. The number of rotatable bonds is 0. The van der Waals surface area contributed by atoms with Crippen molar-refractivity contribution in [3.63, 3.8) is 0 Å². The number of hydrogen-bond donors (Lipinski definition) is 1. The second-order valence-corrected chi connectivity index (χ2v) is 1.86. The Morgan fingerprint density at radius 2 is 1.42 bits per heavy atom. The first-order chi connectivity index (χ1) is 5.61. The molecule has 0 radical (unpaired) electrons. The van der Waals surface area contributed by atoms with Gasteiger partial charge >= 0.3 is 6.18 Å². The van der Waals surface area contributed by atoms with Gasteiger partial charge in [0.25, 0.3) is 0 Å². The highest BCUT2D eigenvalue weighted by Crippen LogP contribution is 2.28. The average molecular weight is 194 g/mol. The van der Waals surface area contributed by atoms with Gasteiger partial charge in [0.05, 0.1) is 5.56 Å². The molecule has 0 atom stereocenters. The SMILES string of the molecule is FC(F)(F)c1ccccc1.O[SiH3]. The topological polar surface area (TPSA) is 20.2 Å². The molecule has 5 heteroatoms. The van der Waals surface area contributed by atoms with Gasteiger partial charge in [-0.25, -0.2) is 0 Å². The van der Waals surface area contributed by atoms with Crippen LogP contribution in [-0.4, -0.2) is 15.3 Å². The number of benzene rings is 1. The second-order valence-electron chi connectivity index (χ2n) is 1.86. The van der Waals surface area contributed by atoms with Crippen LogP contribution in [-0.2, 0) is 6.18 Å². The van der Waals surface area contributed by atoms with Crippen molar-refractivity contribution >= 4 is 10.5 Å². The molecule has 12 heavy (non-hydrogen) atoms. The quantitative estimate of drug-likeness (QED) is 0.610. The zero-order valence-electron chi connectivity index (χ0n) is 6.47. The van der Waals surface area contributed by atoms with Crippen molar-refractivity contribution in [2.45, 2.75) is 6.18 Å². The lowest BCUT2D eigenvalue weighted by atomic mass is 10.2. The third-order valence-corrected chi connectivity index (χ3v) is 1.10. The van der Waals surface area contributed by atoms with Crippen molar-refractivity contribution in [1.82, 2.24) is 0 Å². The number of halogens is 3. The second kappa shape index (κ2) is 4.94. The minimum Gasteiger partial charge on any atom is -0.442 e. The number of alkyl halides is 3. The summed E-state index contributed by atoms with van der Waals surface area (Å²) in [5, 5.41) is 0. The molecule has 1 rings (SSSR count). The maximum Gasteiger partial charge on any atom is 0.416 e. The summed E-state index contributed by atoms with van der Waals surface area (Å²) in [7, 11) is 0.306. The molecule has 1 aromatic carbocycles. The van der Waals surface area contributed by atoms with E-state index in [1.54, 1.807) is 6.07 Å². The lowest BCUT2D eigenvalue weighted by Crippen LogP contribution is -2.03. The molecule has 0 aliphatic carbocycles. The van der Waals surface area contributed by atoms with Gasteiger partial charge in [-0.1, -0.05) is 30.3 Å². The van der Waals surface area contributed by atoms with Crippen LogP contribution in [0.1, 0.15) is 5.56 Å². The highest BCUT2D eigenvalue weighted by molar-refractivity contribution is 5.95. The molecule has 0 saturated heterocycles. The first-order valence-corrected chi connectivity index (χ1v) is 4.07. The van der Waals surface area contributed by atoms with Crippen molar-refractivity contribution in [2.24, 2.45) is 0 Å². The zero-order valence-corrected chi connectivity index (χ0v) is 8.47. The fourth-order valence-electron chi connectivity index (χ4n) is 0.627. The van der Waals surface area contributed by atoms with Crippen molar-refractivity contribution in [1.29, 1.82) is 0 Å². The Hall–Kier alpha value is -0.813. The Morgan fingerprint density at radius 1 is 1.00 bits per heavy atom. The summed E-state index contributed by atoms with van der Waals surface area (Å²) in [6.45, 7) is 0. The molecule has 0 unspecified atom stereocenters. The first-order valence-electron chi connectivity index (χ1n) is 3.17. The van der Waals surface area contributed by atoms with Crippen LogP contribution in [0.5, 0.6) is 0 Å². The highest BCUT2D eigenvalue weighted by Gasteiger charge is 2.29. The lowest BCUT2D eigenvalue weighted by Gasteiger charge is -2.03. The van der Waals surface area contributed by atoms with Gasteiger partial charge in [-0.15, -0.1) is 0 Å². The summed E-state index contributed by atoms with van der Waals surface area (Å²) < 4.78 is 35.4. The maximum absolute atomic E-state index is 11.8. The zero-order chi connectivity index (χ0) is 9.61. The first kappa shape index (κ1) is 11.2. The predicted molar refractivity (Wildman–Crippen MR) is 43.6 cm³/mol. The smallest absolute Gasteiger partial charge is 0.416 e. The van der Waals surface area contributed by atoms with E-state index < -0.39 is 11.7 Å². The normalized spacial score (nSPS) is 10.3. The van der Waals surface area contributed by atoms with Crippen molar-refractivity contribution in [3.05, 3.63) is 35.9 Å². The molecule has 1 N–H and O–H groups in total. The molecular formula is C7H9F3OSi. The van der Waals surface area contributed by atoms with Crippen LogP contribution in [0.15, 0.2) is 30.3 Å².